The maximum absolute atomic E-state index is 14.4. The van der Waals surface area contributed by atoms with Crippen molar-refractivity contribution in [2.75, 3.05) is 33.0 Å². The molecule has 0 aromatic heterocycles. The Kier molecular flexibility index (Phi) is 29.5. The van der Waals surface area contributed by atoms with Crippen LogP contribution in [-0.2, 0) is 61.1 Å². The van der Waals surface area contributed by atoms with Gasteiger partial charge in [0.05, 0.1) is 31.5 Å². The second kappa shape index (κ2) is 37.0. The first-order chi connectivity index (χ1) is 57.8. The maximum atomic E-state index is 14.4. The van der Waals surface area contributed by atoms with Crippen molar-refractivity contribution in [2.24, 2.45) is 102 Å². The molecule has 1 saturated heterocycles. The molecule has 1 aliphatic heterocycles. The minimum absolute atomic E-state index is 0.0686. The SMILES string of the molecule is CC=O.CC[C@]1(CO)C[C@@H](OC(=O)CO)[C@@]2(C)C3C(=O)CC[C@]3(CC[C@H]2C)[C@@H](C)[C@@H]1O.CC[C@]1(CO)C[C@@H](OC(=O)CO[Si](c2ccccc2)(c2ccccc2)C(C)(C)C)[C@@]2(C)C3C(=O)CC[C@]3(CC[C@H]2C)[C@@H](C)[C@@H]1O.CC[C@]12C[C@@H](OC(=O)CO[Si](c3ccccc3)(c3ccccc3)C(C)(C)C)[C@@]3(C)C4C(=O)CC[C@]4(CC[C@H]3C)[C@@H](C)[C@@H]1O[Si](C)(C)C2. The predicted octanol–water partition coefficient (Wildman–Crippen LogP) is 15.9. The quantitative estimate of drug-likeness (QED) is 0.0252. The molecule has 0 radical (unpaired) electrons. The average Bonchev–Trinajstić information content (AvgIpc) is 1.58. The summed E-state index contributed by atoms with van der Waals surface area (Å²) < 4.78 is 40.3. The van der Waals surface area contributed by atoms with Crippen LogP contribution in [0.2, 0.25) is 29.2 Å². The predicted molar refractivity (Wildman–Crippen MR) is 488 cm³/mol. The van der Waals surface area contributed by atoms with Crippen LogP contribution in [0.4, 0.5) is 0 Å². The Morgan fingerprint density at radius 1 is 0.472 bits per heavy atom. The highest BCUT2D eigenvalue weighted by Crippen LogP contribution is 2.73. The molecule has 5 N–H and O–H groups in total. The molecular formula is C102H152O18Si3. The molecule has 14 rings (SSSR count). The van der Waals surface area contributed by atoms with Gasteiger partial charge in [-0.2, -0.15) is 0 Å². The monoisotopic (exact) mass is 1750 g/mol. The number of ketones is 3. The van der Waals surface area contributed by atoms with E-state index in [9.17, 15) is 54.3 Å². The summed E-state index contributed by atoms with van der Waals surface area (Å²) in [6, 6.07) is 42.4. The van der Waals surface area contributed by atoms with Crippen LogP contribution in [0.15, 0.2) is 121 Å². The molecule has 9 saturated carbocycles. The molecule has 3 unspecified atom stereocenters. The van der Waals surface area contributed by atoms with Gasteiger partial charge < -0.3 is 57.8 Å². The highest BCUT2D eigenvalue weighted by atomic mass is 28.4. The molecule has 10 fully saturated rings. The van der Waals surface area contributed by atoms with Gasteiger partial charge >= 0.3 is 17.9 Å². The summed E-state index contributed by atoms with van der Waals surface area (Å²) in [4.78, 5) is 90.5. The highest BCUT2D eigenvalue weighted by molar-refractivity contribution is 7.00. The van der Waals surface area contributed by atoms with Crippen LogP contribution in [0, 0.1) is 102 Å². The van der Waals surface area contributed by atoms with Gasteiger partial charge in [-0.15, -0.1) is 0 Å². The minimum Gasteiger partial charge on any atom is -0.460 e. The van der Waals surface area contributed by atoms with Crippen molar-refractivity contribution in [3.63, 3.8) is 0 Å². The molecule has 0 amide bonds. The van der Waals surface area contributed by atoms with Crippen LogP contribution >= 0.6 is 0 Å². The van der Waals surface area contributed by atoms with Crippen molar-refractivity contribution in [1.82, 2.24) is 0 Å². The molecule has 10 aliphatic rings. The van der Waals surface area contributed by atoms with Gasteiger partial charge in [0.1, 0.15) is 61.8 Å². The standard InChI is InChI=1S/C40H58O5Si2.C38H54O6Si.C22H36O6.C2H4O/c1-10-39-25-33(38(7)28(2)21-23-40(24-22-32(41)35(38)40)29(3)36(39)45-46(8,9)27-39)44-34(42)26-43-47(37(4,5)6,30-17-13-11-14-18-30)31-19-15-12-16-20-31;1-8-37(25-39)23-31(36(7)26(2)19-21-38(27(3)34(37)42)22-20-30(40)33(36)38)44-32(41)24-43-45(35(4,5)6,28-15-11-9-12-16-28)29-17-13-10-14-18-29;1-5-21(12-24)10-16(28-17(26)11-23)20(4)13(2)6-8-22(14(3)19(21)27)9-7-15(25)18(20)22;1-2-3/h11-20,28-29,33,35-36H,10,21-27H2,1-9H3;9-18,26-27,31,33-34,39,42H,8,19-25H2,1-7H3;13-14,16,18-19,23-24,27H,5-12H2,1-4H3;2H,1H3/t28-,29+,33-,35?,36+,38+,39-,40-;26-,27+,31-,33?,34+,36+,37-,38-;13-,14+,16-,18?,19+,20+,21-,22-;/m111./s1. The van der Waals surface area contributed by atoms with Gasteiger partial charge in [0.25, 0.3) is 16.6 Å². The van der Waals surface area contributed by atoms with E-state index in [0.717, 1.165) is 104 Å². The first-order valence-corrected chi connectivity index (χ1v) is 53.7. The summed E-state index contributed by atoms with van der Waals surface area (Å²) in [5, 5.41) is 57.8. The maximum Gasteiger partial charge on any atom is 0.332 e. The number of Topliss-reactive ketones (excluding diaryl/α,β-unsaturated/α-hetero) is 3. The van der Waals surface area contributed by atoms with Crippen molar-refractivity contribution in [3.05, 3.63) is 121 Å². The van der Waals surface area contributed by atoms with Crippen LogP contribution < -0.4 is 20.7 Å². The number of aliphatic hydroxyl groups excluding tert-OH is 5. The van der Waals surface area contributed by atoms with Crippen molar-refractivity contribution >= 4 is 87.2 Å². The first-order valence-electron chi connectivity index (χ1n) is 46.8. The third-order valence-electron chi connectivity index (χ3n) is 35.8. The number of ether oxygens (including phenoxy) is 3. The summed E-state index contributed by atoms with van der Waals surface area (Å²) in [6.45, 7) is 43.7. The van der Waals surface area contributed by atoms with Gasteiger partial charge in [0, 0.05) is 64.1 Å². The smallest absolute Gasteiger partial charge is 0.332 e. The zero-order valence-corrected chi connectivity index (χ0v) is 81.3. The molecule has 1 heterocycles. The van der Waals surface area contributed by atoms with E-state index in [1.54, 1.807) is 0 Å². The van der Waals surface area contributed by atoms with Gasteiger partial charge in [0.2, 0.25) is 0 Å². The average molecular weight is 1750 g/mol. The number of esters is 3. The number of benzene rings is 4. The lowest BCUT2D eigenvalue weighted by Gasteiger charge is -2.62. The molecule has 4 aromatic carbocycles. The van der Waals surface area contributed by atoms with E-state index in [1.165, 1.54) is 6.92 Å². The van der Waals surface area contributed by atoms with E-state index in [2.05, 4.69) is 190 Å². The van der Waals surface area contributed by atoms with Crippen molar-refractivity contribution in [3.8, 4) is 0 Å². The van der Waals surface area contributed by atoms with Crippen LogP contribution in [0.25, 0.3) is 0 Å². The Morgan fingerprint density at radius 3 is 1.04 bits per heavy atom. The van der Waals surface area contributed by atoms with Crippen molar-refractivity contribution in [1.29, 1.82) is 0 Å². The summed E-state index contributed by atoms with van der Waals surface area (Å²) in [7, 11) is -7.86. The summed E-state index contributed by atoms with van der Waals surface area (Å²) >= 11 is 0. The van der Waals surface area contributed by atoms with Gasteiger partial charge in [-0.05, 0) is 210 Å². The molecule has 123 heavy (non-hydrogen) atoms. The lowest BCUT2D eigenvalue weighted by Crippen LogP contribution is -2.67. The van der Waals surface area contributed by atoms with Gasteiger partial charge in [-0.3, -0.25) is 14.4 Å². The first kappa shape index (κ1) is 97.9. The number of rotatable bonds is 19. The Bertz CT molecular complexity index is 4250. The molecule has 680 valence electrons. The number of aldehydes is 1. The van der Waals surface area contributed by atoms with E-state index >= 15 is 0 Å². The van der Waals surface area contributed by atoms with Crippen molar-refractivity contribution in [2.45, 2.75) is 313 Å². The van der Waals surface area contributed by atoms with E-state index in [-0.39, 0.29) is 142 Å². The Labute approximate surface area is 738 Å². The van der Waals surface area contributed by atoms with Gasteiger partial charge in [-0.25, -0.2) is 14.4 Å². The zero-order chi connectivity index (χ0) is 90.5. The fourth-order valence-corrected chi connectivity index (χ4v) is 40.9. The summed E-state index contributed by atoms with van der Waals surface area (Å²) in [5.41, 5.74) is -4.16. The van der Waals surface area contributed by atoms with Gasteiger partial charge in [-0.1, -0.05) is 246 Å². The minimum atomic E-state index is -2.98. The normalized spacial score (nSPS) is 38.1. The number of carbonyl (C=O) groups is 7. The Hall–Kier alpha value is -5.70. The number of hydrogen-bond acceptors (Lipinski definition) is 18. The van der Waals surface area contributed by atoms with Crippen LogP contribution in [0.1, 0.15) is 247 Å². The topological polar surface area (TPSA) is 276 Å². The van der Waals surface area contributed by atoms with E-state index in [4.69, 9.17) is 32.3 Å². The second-order valence-corrected chi connectivity index (χ2v) is 56.1. The molecule has 24 atom stereocenters. The third-order valence-corrected chi connectivity index (χ3v) is 48.2. The molecule has 0 spiro atoms. The molecule has 18 nitrogen and oxygen atoms in total. The highest BCUT2D eigenvalue weighted by Gasteiger charge is 2.74. The molecule has 4 aromatic rings. The molecule has 9 aliphatic carbocycles. The summed E-state index contributed by atoms with van der Waals surface area (Å²) in [6.07, 6.45) is 10.6. The molecular weight excluding hydrogens is 1600 g/mol. The number of carbonyl (C=O) groups excluding carboxylic acids is 7. The molecule has 6 bridgehead atoms. The lowest BCUT2D eigenvalue weighted by molar-refractivity contribution is -0.219. The largest absolute Gasteiger partial charge is 0.460 e. The van der Waals surface area contributed by atoms with Crippen molar-refractivity contribution < 1.29 is 86.6 Å². The molecule has 21 heteroatoms. The fourth-order valence-electron chi connectivity index (χ4n) is 28.5. The number of fused-ring (bicyclic) bond motifs is 1. The number of hydrogen-bond donors (Lipinski definition) is 5. The van der Waals surface area contributed by atoms with E-state index < -0.39 is 95.0 Å². The summed E-state index contributed by atoms with van der Waals surface area (Å²) in [5.74, 6) is -0.831. The van der Waals surface area contributed by atoms with E-state index in [0.29, 0.717) is 50.2 Å². The number of aliphatic hydroxyl groups is 5. The fraction of sp³-hybridized carbons (Fsp3) is 0.696. The van der Waals surface area contributed by atoms with Gasteiger partial charge in [0.15, 0.2) is 8.32 Å². The lowest BCUT2D eigenvalue weighted by atomic mass is 9.43. The zero-order valence-electron chi connectivity index (χ0n) is 78.3. The second-order valence-electron chi connectivity index (χ2n) is 43.4. The van der Waals surface area contributed by atoms with E-state index in [1.807, 2.05) is 69.3 Å². The van der Waals surface area contributed by atoms with Crippen LogP contribution in [0.5, 0.6) is 0 Å². The Balaban J connectivity index is 0.000000182. The Morgan fingerprint density at radius 2 is 0.764 bits per heavy atom. The van der Waals surface area contributed by atoms with Crippen LogP contribution in [-0.4, -0.2) is 162 Å². The van der Waals surface area contributed by atoms with Crippen LogP contribution in [0.3, 0.4) is 0 Å². The third kappa shape index (κ3) is 16.5.